The fourth-order valence-corrected chi connectivity index (χ4v) is 0.993. The first-order valence-corrected chi connectivity index (χ1v) is 3.32. The molecule has 1 saturated heterocycles. The Morgan fingerprint density at radius 3 is 2.60 bits per heavy atom. The van der Waals surface area contributed by atoms with Gasteiger partial charge in [0.25, 0.3) is 0 Å². The third-order valence-corrected chi connectivity index (χ3v) is 1.54. The lowest BCUT2D eigenvalue weighted by Crippen LogP contribution is -2.30. The lowest BCUT2D eigenvalue weighted by atomic mass is 10.4. The highest BCUT2D eigenvalue weighted by molar-refractivity contribution is 5.77. The number of nitrogens with one attached hydrogen (secondary N) is 1. The summed E-state index contributed by atoms with van der Waals surface area (Å²) in [6.45, 7) is 2.05. The van der Waals surface area contributed by atoms with E-state index in [2.05, 4.69) is 5.32 Å². The SMILES string of the molecule is CC(=O)CN(C)C1NC1N. The maximum Gasteiger partial charge on any atom is 0.143 e. The number of likely N-dealkylation sites (N-methyl/N-ethyl adjacent to an activating group) is 1. The van der Waals surface area contributed by atoms with Crippen LogP contribution in [0.25, 0.3) is 0 Å². The Balaban J connectivity index is 2.22. The number of carbonyl (C=O) groups is 1. The molecule has 0 bridgehead atoms. The van der Waals surface area contributed by atoms with Gasteiger partial charge in [-0.25, -0.2) is 0 Å². The summed E-state index contributed by atoms with van der Waals surface area (Å²) in [6, 6.07) is 0. The summed E-state index contributed by atoms with van der Waals surface area (Å²) >= 11 is 0. The standard InChI is InChI=1S/C6H13N3O/c1-4(10)3-9(2)6-5(7)8-6/h5-6,8H,3,7H2,1-2H3. The van der Waals surface area contributed by atoms with Crippen molar-refractivity contribution in [3.63, 3.8) is 0 Å². The zero-order chi connectivity index (χ0) is 7.72. The van der Waals surface area contributed by atoms with Crippen LogP contribution in [0.2, 0.25) is 0 Å². The highest BCUT2D eigenvalue weighted by Crippen LogP contribution is 2.07. The molecule has 0 saturated carbocycles. The molecule has 0 aromatic carbocycles. The first kappa shape index (κ1) is 7.65. The summed E-state index contributed by atoms with van der Waals surface area (Å²) in [5.41, 5.74) is 5.48. The fourth-order valence-electron chi connectivity index (χ4n) is 0.993. The van der Waals surface area contributed by atoms with Crippen molar-refractivity contribution in [2.45, 2.75) is 19.3 Å². The first-order chi connectivity index (χ1) is 4.61. The topological polar surface area (TPSA) is 68.3 Å². The van der Waals surface area contributed by atoms with Crippen molar-refractivity contribution in [2.75, 3.05) is 13.6 Å². The number of nitrogens with two attached hydrogens (primary N) is 1. The molecule has 10 heavy (non-hydrogen) atoms. The molecule has 0 aromatic heterocycles. The smallest absolute Gasteiger partial charge is 0.143 e. The van der Waals surface area contributed by atoms with E-state index in [1.807, 2.05) is 11.9 Å². The molecule has 4 nitrogen and oxygen atoms in total. The van der Waals surface area contributed by atoms with Crippen LogP contribution in [0.15, 0.2) is 0 Å². The monoisotopic (exact) mass is 143 g/mol. The van der Waals surface area contributed by atoms with Gasteiger partial charge >= 0.3 is 0 Å². The number of hydrogen-bond acceptors (Lipinski definition) is 4. The van der Waals surface area contributed by atoms with Crippen molar-refractivity contribution in [2.24, 2.45) is 5.73 Å². The Morgan fingerprint density at radius 2 is 2.30 bits per heavy atom. The normalized spacial score (nSPS) is 30.8. The van der Waals surface area contributed by atoms with Crippen molar-refractivity contribution in [1.29, 1.82) is 0 Å². The van der Waals surface area contributed by atoms with Crippen LogP contribution < -0.4 is 11.1 Å². The Hall–Kier alpha value is -0.450. The zero-order valence-corrected chi connectivity index (χ0v) is 6.29. The molecule has 0 aliphatic carbocycles. The third-order valence-electron chi connectivity index (χ3n) is 1.54. The predicted octanol–water partition coefficient (Wildman–Crippen LogP) is -1.28. The molecular formula is C6H13N3O. The van der Waals surface area contributed by atoms with E-state index in [1.54, 1.807) is 6.92 Å². The van der Waals surface area contributed by atoms with E-state index in [4.69, 9.17) is 5.73 Å². The second-order valence-corrected chi connectivity index (χ2v) is 2.75. The molecule has 2 atom stereocenters. The minimum absolute atomic E-state index is 0.0596. The van der Waals surface area contributed by atoms with Crippen LogP contribution in [0.1, 0.15) is 6.92 Å². The van der Waals surface area contributed by atoms with Gasteiger partial charge in [0.15, 0.2) is 0 Å². The lowest BCUT2D eigenvalue weighted by Gasteiger charge is -2.11. The number of Topliss-reactive ketones (excluding diaryl/α,β-unsaturated/α-hetero) is 1. The molecule has 1 heterocycles. The van der Waals surface area contributed by atoms with Gasteiger partial charge in [0.1, 0.15) is 5.78 Å². The Kier molecular flexibility index (Phi) is 2.03. The minimum atomic E-state index is 0.0596. The van der Waals surface area contributed by atoms with E-state index in [-0.39, 0.29) is 18.1 Å². The highest BCUT2D eigenvalue weighted by Gasteiger charge is 2.35. The first-order valence-electron chi connectivity index (χ1n) is 3.32. The molecule has 4 heteroatoms. The maximum atomic E-state index is 10.6. The maximum absolute atomic E-state index is 10.6. The van der Waals surface area contributed by atoms with Gasteiger partial charge in [-0.15, -0.1) is 0 Å². The van der Waals surface area contributed by atoms with Gasteiger partial charge in [-0.1, -0.05) is 0 Å². The van der Waals surface area contributed by atoms with Gasteiger partial charge in [0.05, 0.1) is 18.9 Å². The van der Waals surface area contributed by atoms with E-state index in [0.717, 1.165) is 0 Å². The minimum Gasteiger partial charge on any atom is -0.313 e. The molecule has 0 radical (unpaired) electrons. The van der Waals surface area contributed by atoms with Crippen LogP contribution >= 0.6 is 0 Å². The molecule has 0 aromatic rings. The Labute approximate surface area is 60.4 Å². The fraction of sp³-hybridized carbons (Fsp3) is 0.833. The molecular weight excluding hydrogens is 130 g/mol. The van der Waals surface area contributed by atoms with Crippen LogP contribution in [0.3, 0.4) is 0 Å². The number of nitrogens with zero attached hydrogens (tertiary/aromatic N) is 1. The van der Waals surface area contributed by atoms with E-state index < -0.39 is 0 Å². The van der Waals surface area contributed by atoms with Crippen molar-refractivity contribution in [3.05, 3.63) is 0 Å². The van der Waals surface area contributed by atoms with E-state index in [1.165, 1.54) is 0 Å². The second-order valence-electron chi connectivity index (χ2n) is 2.75. The summed E-state index contributed by atoms with van der Waals surface area (Å²) in [6.07, 6.45) is 0.272. The molecule has 1 aliphatic heterocycles. The molecule has 0 amide bonds. The van der Waals surface area contributed by atoms with Gasteiger partial charge in [0, 0.05) is 0 Å². The second kappa shape index (κ2) is 2.65. The summed E-state index contributed by atoms with van der Waals surface area (Å²) in [4.78, 5) is 12.5. The molecule has 1 rings (SSSR count). The van der Waals surface area contributed by atoms with E-state index in [0.29, 0.717) is 6.54 Å². The molecule has 3 N–H and O–H groups in total. The summed E-state index contributed by atoms with van der Waals surface area (Å²) in [7, 11) is 1.88. The zero-order valence-electron chi connectivity index (χ0n) is 6.29. The summed E-state index contributed by atoms with van der Waals surface area (Å²) in [5.74, 6) is 0.170. The predicted molar refractivity (Wildman–Crippen MR) is 38.2 cm³/mol. The Morgan fingerprint density at radius 1 is 1.80 bits per heavy atom. The number of hydrogen-bond donors (Lipinski definition) is 2. The van der Waals surface area contributed by atoms with Crippen LogP contribution in [-0.2, 0) is 4.79 Å². The van der Waals surface area contributed by atoms with Crippen molar-refractivity contribution < 1.29 is 4.79 Å². The average Bonchev–Trinajstić information content (AvgIpc) is 2.44. The van der Waals surface area contributed by atoms with Gasteiger partial charge < -0.3 is 5.73 Å². The van der Waals surface area contributed by atoms with Gasteiger partial charge in [-0.3, -0.25) is 15.0 Å². The molecule has 0 spiro atoms. The van der Waals surface area contributed by atoms with Crippen molar-refractivity contribution in [1.82, 2.24) is 10.2 Å². The highest BCUT2D eigenvalue weighted by atomic mass is 16.1. The molecule has 2 unspecified atom stereocenters. The van der Waals surface area contributed by atoms with Gasteiger partial charge in [-0.05, 0) is 14.0 Å². The van der Waals surface area contributed by atoms with Crippen LogP contribution in [-0.4, -0.2) is 36.6 Å². The molecule has 1 fully saturated rings. The molecule has 58 valence electrons. The van der Waals surface area contributed by atoms with Gasteiger partial charge in [-0.2, -0.15) is 0 Å². The molecule has 1 aliphatic rings. The van der Waals surface area contributed by atoms with E-state index >= 15 is 0 Å². The van der Waals surface area contributed by atoms with Crippen LogP contribution in [0.5, 0.6) is 0 Å². The van der Waals surface area contributed by atoms with E-state index in [9.17, 15) is 4.79 Å². The number of carbonyl (C=O) groups excluding carboxylic acids is 1. The van der Waals surface area contributed by atoms with Gasteiger partial charge in [0.2, 0.25) is 0 Å². The lowest BCUT2D eigenvalue weighted by molar-refractivity contribution is -0.118. The average molecular weight is 143 g/mol. The Bertz CT molecular complexity index is 148. The number of ketones is 1. The van der Waals surface area contributed by atoms with Crippen molar-refractivity contribution in [3.8, 4) is 0 Å². The third kappa shape index (κ3) is 1.76. The summed E-state index contributed by atoms with van der Waals surface area (Å²) in [5, 5.41) is 2.99. The van der Waals surface area contributed by atoms with Crippen molar-refractivity contribution >= 4 is 5.78 Å². The van der Waals surface area contributed by atoms with Crippen LogP contribution in [0.4, 0.5) is 0 Å². The largest absolute Gasteiger partial charge is 0.313 e. The number of rotatable bonds is 3. The summed E-state index contributed by atoms with van der Waals surface area (Å²) < 4.78 is 0. The quantitative estimate of drug-likeness (QED) is 0.483. The van der Waals surface area contributed by atoms with Crippen LogP contribution in [0, 0.1) is 0 Å².